The molecule has 2 aromatic carbocycles. The number of hydrogen-bond donors (Lipinski definition) is 1. The van der Waals surface area contributed by atoms with Gasteiger partial charge in [0.15, 0.2) is 5.76 Å². The Bertz CT molecular complexity index is 1420. The van der Waals surface area contributed by atoms with Crippen LogP contribution in [0.1, 0.15) is 51.6 Å². The van der Waals surface area contributed by atoms with E-state index in [-0.39, 0.29) is 11.4 Å². The van der Waals surface area contributed by atoms with Gasteiger partial charge in [0.05, 0.1) is 16.1 Å². The van der Waals surface area contributed by atoms with Crippen molar-refractivity contribution in [2.45, 2.75) is 32.7 Å². The maximum absolute atomic E-state index is 13.9. The largest absolute Gasteiger partial charge is 0.503 e. The van der Waals surface area contributed by atoms with E-state index in [1.807, 2.05) is 72.1 Å². The Hall–Kier alpha value is -3.55. The average Bonchev–Trinajstić information content (AvgIpc) is 3.59. The van der Waals surface area contributed by atoms with Gasteiger partial charge in [0.25, 0.3) is 5.91 Å². The van der Waals surface area contributed by atoms with Gasteiger partial charge in [-0.15, -0.1) is 22.7 Å². The number of thiophene rings is 1. The minimum atomic E-state index is -0.707. The van der Waals surface area contributed by atoms with Crippen LogP contribution in [0.3, 0.4) is 0 Å². The molecule has 1 aliphatic heterocycles. The molecule has 176 valence electrons. The molecule has 7 heteroatoms. The number of amides is 1. The lowest BCUT2D eigenvalue weighted by molar-refractivity contribution is -0.117. The predicted molar refractivity (Wildman–Crippen MR) is 141 cm³/mol. The highest BCUT2D eigenvalue weighted by Gasteiger charge is 2.45. The Balaban J connectivity index is 1.58. The number of anilines is 1. The molecule has 0 bridgehead atoms. The van der Waals surface area contributed by atoms with E-state index in [4.69, 9.17) is 0 Å². The minimum absolute atomic E-state index is 0.0942. The maximum atomic E-state index is 13.9. The summed E-state index contributed by atoms with van der Waals surface area (Å²) in [5, 5.41) is 13.6. The number of aliphatic hydroxyl groups is 1. The van der Waals surface area contributed by atoms with Crippen molar-refractivity contribution in [1.29, 1.82) is 0 Å². The summed E-state index contributed by atoms with van der Waals surface area (Å²) in [6, 6.07) is 20.4. The van der Waals surface area contributed by atoms with Gasteiger partial charge in [0.1, 0.15) is 11.0 Å². The number of carbonyl (C=O) groups excluding carboxylic acids is 2. The number of Topliss-reactive ketones (excluding diaryl/α,β-unsaturated/α-hetero) is 1. The molecule has 0 radical (unpaired) electrons. The van der Waals surface area contributed by atoms with Crippen molar-refractivity contribution in [3.05, 3.63) is 104 Å². The molecule has 0 saturated carbocycles. The van der Waals surface area contributed by atoms with E-state index in [1.165, 1.54) is 27.6 Å². The monoisotopic (exact) mass is 500 g/mol. The van der Waals surface area contributed by atoms with Gasteiger partial charge in [-0.1, -0.05) is 62.4 Å². The smallest absolute Gasteiger partial charge is 0.294 e. The highest BCUT2D eigenvalue weighted by Crippen LogP contribution is 2.44. The second-order valence-corrected chi connectivity index (χ2v) is 10.7. The number of aliphatic hydroxyl groups excluding tert-OH is 1. The van der Waals surface area contributed by atoms with Crippen molar-refractivity contribution in [2.24, 2.45) is 0 Å². The number of aromatic nitrogens is 1. The molecule has 1 aliphatic rings. The number of benzene rings is 2. The summed E-state index contributed by atoms with van der Waals surface area (Å²) in [7, 11) is 0. The molecule has 5 nitrogen and oxygen atoms in total. The standard InChI is InChI=1S/C28H24N2O3S2/c1-16(2)18-11-13-20(14-12-18)30-23(21-10-7-15-34-21)22(25(32)28(30)33)24(31)26-17(3)29-27(35-26)19-8-5-4-6-9-19/h4-16,23,32H,1-3H3. The molecule has 1 N–H and O–H groups in total. The first-order chi connectivity index (χ1) is 16.9. The zero-order valence-corrected chi connectivity index (χ0v) is 21.2. The lowest BCUT2D eigenvalue weighted by Gasteiger charge is -2.26. The second kappa shape index (κ2) is 9.24. The average molecular weight is 501 g/mol. The first kappa shape index (κ1) is 23.2. The molecule has 4 aromatic rings. The minimum Gasteiger partial charge on any atom is -0.503 e. The van der Waals surface area contributed by atoms with Crippen LogP contribution >= 0.6 is 22.7 Å². The Kier molecular flexibility index (Phi) is 6.13. The van der Waals surface area contributed by atoms with E-state index in [2.05, 4.69) is 18.8 Å². The van der Waals surface area contributed by atoms with Crippen LogP contribution in [0.25, 0.3) is 10.6 Å². The third kappa shape index (κ3) is 4.11. The molecule has 5 rings (SSSR count). The van der Waals surface area contributed by atoms with Crippen LogP contribution in [0.5, 0.6) is 0 Å². The first-order valence-corrected chi connectivity index (χ1v) is 13.0. The molecule has 1 unspecified atom stereocenters. The van der Waals surface area contributed by atoms with Gasteiger partial charge in [-0.05, 0) is 42.0 Å². The van der Waals surface area contributed by atoms with Crippen LogP contribution in [0, 0.1) is 6.92 Å². The zero-order valence-electron chi connectivity index (χ0n) is 19.6. The van der Waals surface area contributed by atoms with Crippen LogP contribution in [0.15, 0.2) is 83.4 Å². The highest BCUT2D eigenvalue weighted by atomic mass is 32.1. The fourth-order valence-electron chi connectivity index (χ4n) is 4.27. The van der Waals surface area contributed by atoms with Crippen molar-refractivity contribution in [2.75, 3.05) is 4.90 Å². The lowest BCUT2D eigenvalue weighted by Crippen LogP contribution is -2.30. The summed E-state index contributed by atoms with van der Waals surface area (Å²) in [6.07, 6.45) is 0. The molecular formula is C28H24N2O3S2. The third-order valence-corrected chi connectivity index (χ3v) is 8.26. The summed E-state index contributed by atoms with van der Waals surface area (Å²) in [6.45, 7) is 6.00. The van der Waals surface area contributed by atoms with Gasteiger partial charge >= 0.3 is 0 Å². The van der Waals surface area contributed by atoms with Gasteiger partial charge in [0, 0.05) is 16.1 Å². The van der Waals surface area contributed by atoms with E-state index in [1.54, 1.807) is 6.92 Å². The second-order valence-electron chi connectivity index (χ2n) is 8.73. The predicted octanol–water partition coefficient (Wildman–Crippen LogP) is 7.09. The summed E-state index contributed by atoms with van der Waals surface area (Å²) in [5.74, 6) is -1.10. The number of hydrogen-bond acceptors (Lipinski definition) is 6. The zero-order chi connectivity index (χ0) is 24.7. The summed E-state index contributed by atoms with van der Waals surface area (Å²) >= 11 is 2.73. The van der Waals surface area contributed by atoms with Crippen LogP contribution in [-0.4, -0.2) is 21.8 Å². The summed E-state index contributed by atoms with van der Waals surface area (Å²) in [4.78, 5) is 34.6. The Morgan fingerprint density at radius 3 is 2.37 bits per heavy atom. The van der Waals surface area contributed by atoms with E-state index in [0.717, 1.165) is 21.0 Å². The Labute approximate surface area is 212 Å². The highest BCUT2D eigenvalue weighted by molar-refractivity contribution is 7.17. The Morgan fingerprint density at radius 1 is 1.03 bits per heavy atom. The molecule has 3 heterocycles. The number of carbonyl (C=O) groups is 2. The molecule has 1 amide bonds. The summed E-state index contributed by atoms with van der Waals surface area (Å²) in [5.41, 5.74) is 3.38. The van der Waals surface area contributed by atoms with Gasteiger partial charge in [-0.25, -0.2) is 4.98 Å². The van der Waals surface area contributed by atoms with Crippen LogP contribution in [0.2, 0.25) is 0 Å². The molecule has 35 heavy (non-hydrogen) atoms. The quantitative estimate of drug-likeness (QED) is 0.287. The van der Waals surface area contributed by atoms with Crippen LogP contribution in [-0.2, 0) is 4.79 Å². The number of ketones is 1. The first-order valence-electron chi connectivity index (χ1n) is 11.3. The van der Waals surface area contributed by atoms with Crippen molar-refractivity contribution in [1.82, 2.24) is 4.98 Å². The van der Waals surface area contributed by atoms with Crippen LogP contribution < -0.4 is 4.90 Å². The maximum Gasteiger partial charge on any atom is 0.294 e. The van der Waals surface area contributed by atoms with Crippen LogP contribution in [0.4, 0.5) is 5.69 Å². The van der Waals surface area contributed by atoms with Gasteiger partial charge in [-0.2, -0.15) is 0 Å². The van der Waals surface area contributed by atoms with Crippen molar-refractivity contribution < 1.29 is 14.7 Å². The molecular weight excluding hydrogens is 476 g/mol. The third-order valence-electron chi connectivity index (χ3n) is 6.13. The van der Waals surface area contributed by atoms with Crippen molar-refractivity contribution in [3.63, 3.8) is 0 Å². The lowest BCUT2D eigenvalue weighted by atomic mass is 9.99. The van der Waals surface area contributed by atoms with Gasteiger partial charge in [0.2, 0.25) is 5.78 Å². The normalized spacial score (nSPS) is 15.9. The SMILES string of the molecule is Cc1nc(-c2ccccc2)sc1C(=O)C1=C(O)C(=O)N(c2ccc(C(C)C)cc2)C1c1cccs1. The fraction of sp³-hybridized carbons (Fsp3) is 0.179. The molecule has 1 atom stereocenters. The van der Waals surface area contributed by atoms with E-state index in [0.29, 0.717) is 22.2 Å². The Morgan fingerprint density at radius 2 is 1.74 bits per heavy atom. The van der Waals surface area contributed by atoms with Gasteiger partial charge in [-0.3, -0.25) is 14.5 Å². The summed E-state index contributed by atoms with van der Waals surface area (Å²) < 4.78 is 0. The topological polar surface area (TPSA) is 70.5 Å². The molecule has 0 spiro atoms. The van der Waals surface area contributed by atoms with E-state index >= 15 is 0 Å². The number of nitrogens with zero attached hydrogens (tertiary/aromatic N) is 2. The molecule has 0 saturated heterocycles. The number of thiazole rings is 1. The molecule has 0 aliphatic carbocycles. The fourth-order valence-corrected chi connectivity index (χ4v) is 6.12. The molecule has 2 aromatic heterocycles. The number of rotatable bonds is 6. The van der Waals surface area contributed by atoms with Crippen molar-refractivity contribution in [3.8, 4) is 10.6 Å². The van der Waals surface area contributed by atoms with E-state index in [9.17, 15) is 14.7 Å². The number of aryl methyl sites for hydroxylation is 1. The van der Waals surface area contributed by atoms with E-state index < -0.39 is 17.7 Å². The molecule has 0 fully saturated rings. The van der Waals surface area contributed by atoms with Crippen molar-refractivity contribution >= 4 is 40.1 Å². The van der Waals surface area contributed by atoms with Gasteiger partial charge < -0.3 is 5.11 Å².